The molecule has 1 amide bonds. The normalized spacial score (nSPS) is 14.2. The summed E-state index contributed by atoms with van der Waals surface area (Å²) >= 11 is 0. The molecular weight excluding hydrogens is 332 g/mol. The minimum absolute atomic E-state index is 0.00722. The van der Waals surface area contributed by atoms with Crippen LogP contribution < -0.4 is 14.4 Å². The Morgan fingerprint density at radius 2 is 1.77 bits per heavy atom. The summed E-state index contributed by atoms with van der Waals surface area (Å²) in [6.45, 7) is 7.67. The van der Waals surface area contributed by atoms with Crippen molar-refractivity contribution in [2.75, 3.05) is 44.3 Å². The lowest BCUT2D eigenvalue weighted by Gasteiger charge is -2.35. The molecule has 7 heteroatoms. The Balaban J connectivity index is 1.67. The Labute approximate surface area is 153 Å². The Hall–Kier alpha value is -2.83. The van der Waals surface area contributed by atoms with E-state index < -0.39 is 0 Å². The van der Waals surface area contributed by atoms with E-state index in [1.54, 1.807) is 24.4 Å². The molecule has 0 N–H and O–H groups in total. The van der Waals surface area contributed by atoms with Crippen molar-refractivity contribution in [3.8, 4) is 11.5 Å². The van der Waals surface area contributed by atoms with Crippen LogP contribution >= 0.6 is 0 Å². The van der Waals surface area contributed by atoms with E-state index >= 15 is 0 Å². The van der Waals surface area contributed by atoms with Gasteiger partial charge in [-0.3, -0.25) is 4.79 Å². The number of carbonyl (C=O) groups excluding carboxylic acids is 1. The van der Waals surface area contributed by atoms with Gasteiger partial charge in [0.15, 0.2) is 17.3 Å². The van der Waals surface area contributed by atoms with E-state index in [2.05, 4.69) is 15.1 Å². The van der Waals surface area contributed by atoms with Gasteiger partial charge in [0.05, 0.1) is 13.2 Å². The molecule has 0 unspecified atom stereocenters. The maximum absolute atomic E-state index is 12.9. The molecule has 138 valence electrons. The van der Waals surface area contributed by atoms with E-state index in [0.29, 0.717) is 43.4 Å². The highest BCUT2D eigenvalue weighted by atomic mass is 16.5. The number of hydrogen-bond donors (Lipinski definition) is 0. The average molecular weight is 356 g/mol. The molecule has 0 spiro atoms. The molecule has 3 rings (SSSR count). The number of amides is 1. The van der Waals surface area contributed by atoms with Crippen LogP contribution in [-0.4, -0.2) is 60.4 Å². The maximum Gasteiger partial charge on any atom is 0.254 e. The lowest BCUT2D eigenvalue weighted by atomic mass is 10.1. The molecule has 1 saturated heterocycles. The van der Waals surface area contributed by atoms with Gasteiger partial charge in [-0.15, -0.1) is 5.10 Å². The number of aromatic nitrogens is 2. The first-order chi connectivity index (χ1) is 12.7. The largest absolute Gasteiger partial charge is 0.490 e. The number of rotatable bonds is 6. The molecule has 1 fully saturated rings. The summed E-state index contributed by atoms with van der Waals surface area (Å²) in [7, 11) is 0. The number of anilines is 1. The highest BCUT2D eigenvalue weighted by molar-refractivity contribution is 5.95. The van der Waals surface area contributed by atoms with Gasteiger partial charge in [0.1, 0.15) is 0 Å². The van der Waals surface area contributed by atoms with Gasteiger partial charge >= 0.3 is 0 Å². The van der Waals surface area contributed by atoms with E-state index in [0.717, 1.165) is 18.9 Å². The third-order valence-electron chi connectivity index (χ3n) is 4.24. The quantitative estimate of drug-likeness (QED) is 0.791. The third-order valence-corrected chi connectivity index (χ3v) is 4.24. The standard InChI is InChI=1S/C19H24N4O3/c1-3-25-16-8-7-15(14-17(16)26-4-2)19(24)23-12-10-22(11-13-23)18-6-5-9-20-21-18/h5-9,14H,3-4,10-13H2,1-2H3. The smallest absolute Gasteiger partial charge is 0.254 e. The molecule has 2 heterocycles. The van der Waals surface area contributed by atoms with E-state index in [1.807, 2.05) is 30.9 Å². The maximum atomic E-state index is 12.9. The molecule has 26 heavy (non-hydrogen) atoms. The van der Waals surface area contributed by atoms with Crippen LogP contribution in [0.2, 0.25) is 0 Å². The molecule has 7 nitrogen and oxygen atoms in total. The van der Waals surface area contributed by atoms with Gasteiger partial charge in [-0.25, -0.2) is 0 Å². The third kappa shape index (κ3) is 4.04. The van der Waals surface area contributed by atoms with E-state index in [-0.39, 0.29) is 5.91 Å². The van der Waals surface area contributed by atoms with Gasteiger partial charge in [-0.1, -0.05) is 0 Å². The van der Waals surface area contributed by atoms with E-state index in [9.17, 15) is 4.79 Å². The fraction of sp³-hybridized carbons (Fsp3) is 0.421. The second kappa shape index (κ2) is 8.51. The van der Waals surface area contributed by atoms with Crippen molar-refractivity contribution in [1.29, 1.82) is 0 Å². The van der Waals surface area contributed by atoms with Gasteiger partial charge in [0, 0.05) is 37.9 Å². The predicted molar refractivity (Wildman–Crippen MR) is 98.9 cm³/mol. The van der Waals surface area contributed by atoms with Gasteiger partial charge < -0.3 is 19.3 Å². The Morgan fingerprint density at radius 1 is 1.04 bits per heavy atom. The number of carbonyl (C=O) groups is 1. The molecule has 1 aliphatic rings. The summed E-state index contributed by atoms with van der Waals surface area (Å²) in [5, 5.41) is 8.05. The zero-order chi connectivity index (χ0) is 18.4. The van der Waals surface area contributed by atoms with Gasteiger partial charge in [-0.2, -0.15) is 5.10 Å². The number of hydrogen-bond acceptors (Lipinski definition) is 6. The van der Waals surface area contributed by atoms with Crippen LogP contribution in [-0.2, 0) is 0 Å². The van der Waals surface area contributed by atoms with Crippen molar-refractivity contribution in [1.82, 2.24) is 15.1 Å². The van der Waals surface area contributed by atoms with Gasteiger partial charge in [-0.05, 0) is 44.2 Å². The fourth-order valence-electron chi connectivity index (χ4n) is 2.97. The van der Waals surface area contributed by atoms with Crippen LogP contribution in [0.3, 0.4) is 0 Å². The number of nitrogens with zero attached hydrogens (tertiary/aromatic N) is 4. The van der Waals surface area contributed by atoms with E-state index in [1.165, 1.54) is 0 Å². The van der Waals surface area contributed by atoms with Crippen LogP contribution in [0.15, 0.2) is 36.5 Å². The van der Waals surface area contributed by atoms with Gasteiger partial charge in [0.25, 0.3) is 5.91 Å². The summed E-state index contributed by atoms with van der Waals surface area (Å²) < 4.78 is 11.2. The topological polar surface area (TPSA) is 67.8 Å². The lowest BCUT2D eigenvalue weighted by Crippen LogP contribution is -2.49. The average Bonchev–Trinajstić information content (AvgIpc) is 2.70. The first kappa shape index (κ1) is 18.0. The molecular formula is C19H24N4O3. The second-order valence-electron chi connectivity index (χ2n) is 5.89. The fourth-order valence-corrected chi connectivity index (χ4v) is 2.97. The van der Waals surface area contributed by atoms with Crippen LogP contribution in [0.25, 0.3) is 0 Å². The summed E-state index contributed by atoms with van der Waals surface area (Å²) in [6, 6.07) is 9.18. The SMILES string of the molecule is CCOc1ccc(C(=O)N2CCN(c3cccnn3)CC2)cc1OCC. The van der Waals surface area contributed by atoms with Crippen molar-refractivity contribution in [2.24, 2.45) is 0 Å². The molecule has 1 aromatic heterocycles. The number of benzene rings is 1. The minimum Gasteiger partial charge on any atom is -0.490 e. The second-order valence-corrected chi connectivity index (χ2v) is 5.89. The van der Waals surface area contributed by atoms with Crippen molar-refractivity contribution < 1.29 is 14.3 Å². The molecule has 0 bridgehead atoms. The molecule has 0 saturated carbocycles. The number of piperazine rings is 1. The Morgan fingerprint density at radius 3 is 2.42 bits per heavy atom. The first-order valence-electron chi connectivity index (χ1n) is 8.94. The Kier molecular flexibility index (Phi) is 5.88. The zero-order valence-corrected chi connectivity index (χ0v) is 15.2. The van der Waals surface area contributed by atoms with Gasteiger partial charge in [0.2, 0.25) is 0 Å². The van der Waals surface area contributed by atoms with E-state index in [4.69, 9.17) is 9.47 Å². The summed E-state index contributed by atoms with van der Waals surface area (Å²) in [4.78, 5) is 16.9. The summed E-state index contributed by atoms with van der Waals surface area (Å²) in [6.07, 6.45) is 1.66. The zero-order valence-electron chi connectivity index (χ0n) is 15.2. The molecule has 0 radical (unpaired) electrons. The summed E-state index contributed by atoms with van der Waals surface area (Å²) in [5.41, 5.74) is 0.616. The molecule has 1 aromatic carbocycles. The van der Waals surface area contributed by atoms with Crippen molar-refractivity contribution in [2.45, 2.75) is 13.8 Å². The monoisotopic (exact) mass is 356 g/mol. The van der Waals surface area contributed by atoms with Crippen molar-refractivity contribution in [3.63, 3.8) is 0 Å². The minimum atomic E-state index is 0.00722. The van der Waals surface area contributed by atoms with Crippen LogP contribution in [0.5, 0.6) is 11.5 Å². The molecule has 1 aliphatic heterocycles. The Bertz CT molecular complexity index is 731. The van der Waals surface area contributed by atoms with Crippen LogP contribution in [0, 0.1) is 0 Å². The number of ether oxygens (including phenoxy) is 2. The van der Waals surface area contributed by atoms with Crippen LogP contribution in [0.4, 0.5) is 5.82 Å². The van der Waals surface area contributed by atoms with Crippen molar-refractivity contribution >= 4 is 11.7 Å². The summed E-state index contributed by atoms with van der Waals surface area (Å²) in [5.74, 6) is 2.13. The first-order valence-corrected chi connectivity index (χ1v) is 8.94. The van der Waals surface area contributed by atoms with Crippen LogP contribution in [0.1, 0.15) is 24.2 Å². The van der Waals surface area contributed by atoms with Crippen molar-refractivity contribution in [3.05, 3.63) is 42.1 Å². The molecule has 0 aliphatic carbocycles. The highest BCUT2D eigenvalue weighted by Gasteiger charge is 2.23. The predicted octanol–water partition coefficient (Wildman–Crippen LogP) is 2.24. The molecule has 0 atom stereocenters. The molecule has 2 aromatic rings. The highest BCUT2D eigenvalue weighted by Crippen LogP contribution is 2.29. The lowest BCUT2D eigenvalue weighted by molar-refractivity contribution is 0.0746.